The van der Waals surface area contributed by atoms with Crippen LogP contribution in [0, 0.1) is 11.3 Å². The lowest BCUT2D eigenvalue weighted by Gasteiger charge is -2.35. The van der Waals surface area contributed by atoms with Gasteiger partial charge in [0.25, 0.3) is 0 Å². The first-order valence-corrected chi connectivity index (χ1v) is 24.9. The van der Waals surface area contributed by atoms with Gasteiger partial charge in [-0.2, -0.15) is 5.26 Å². The molecular formula is C60H60N2O2S. The second kappa shape index (κ2) is 18.7. The molecule has 6 aromatic carbocycles. The quantitative estimate of drug-likeness (QED) is 0.0689. The molecule has 0 bridgehead atoms. The van der Waals surface area contributed by atoms with Crippen molar-refractivity contribution in [3.8, 4) is 38.8 Å². The van der Waals surface area contributed by atoms with Crippen LogP contribution in [0.3, 0.4) is 0 Å². The van der Waals surface area contributed by atoms with Crippen molar-refractivity contribution < 1.29 is 9.90 Å². The molecule has 2 aliphatic carbocycles. The molecule has 0 atom stereocenters. The molecule has 4 nitrogen and oxygen atoms in total. The number of carboxylic acids is 1. The Labute approximate surface area is 389 Å². The Balaban J connectivity index is 1.29. The lowest BCUT2D eigenvalue weighted by Crippen LogP contribution is -2.26. The molecule has 1 heterocycles. The molecule has 0 unspecified atom stereocenters. The Kier molecular flexibility index (Phi) is 12.7. The standard InChI is InChI=1S/C60H60N2O2S/c1-5-9-33-59(34-10-6-2)52-23-17-15-20-46(52)48-28-25-42(38-54(48)59)62(43-26-29-49-47-21-16-18-24-53(47)60(35-11-7-3,36-12-8-4)55(49)39-43)56-31-30-51(45-19-13-14-22-50(45)56)57-32-27-44(65-57)37-41(40-61)58(63)64/h13-32,37-39H,5-12,33-36H2,1-4H3,(H,63,64)/b41-37+. The van der Waals surface area contributed by atoms with Gasteiger partial charge < -0.3 is 10.0 Å². The highest BCUT2D eigenvalue weighted by atomic mass is 32.1. The van der Waals surface area contributed by atoms with E-state index in [1.165, 1.54) is 87.6 Å². The van der Waals surface area contributed by atoms with Crippen molar-refractivity contribution in [1.29, 1.82) is 5.26 Å². The van der Waals surface area contributed by atoms with Crippen molar-refractivity contribution in [2.75, 3.05) is 4.90 Å². The molecule has 0 radical (unpaired) electrons. The average Bonchev–Trinajstić information content (AvgIpc) is 4.00. The average molecular weight is 873 g/mol. The summed E-state index contributed by atoms with van der Waals surface area (Å²) in [5, 5.41) is 21.3. The van der Waals surface area contributed by atoms with Gasteiger partial charge in [0.1, 0.15) is 11.6 Å². The van der Waals surface area contributed by atoms with E-state index in [1.807, 2.05) is 18.2 Å². The summed E-state index contributed by atoms with van der Waals surface area (Å²) in [5.41, 5.74) is 15.5. The smallest absolute Gasteiger partial charge is 0.346 e. The molecule has 65 heavy (non-hydrogen) atoms. The predicted molar refractivity (Wildman–Crippen MR) is 274 cm³/mol. The fourth-order valence-corrected chi connectivity index (χ4v) is 12.4. The third kappa shape index (κ3) is 7.70. The number of rotatable bonds is 18. The van der Waals surface area contributed by atoms with Crippen molar-refractivity contribution in [1.82, 2.24) is 0 Å². The minimum Gasteiger partial charge on any atom is -0.477 e. The number of hydrogen-bond donors (Lipinski definition) is 1. The first-order valence-electron chi connectivity index (χ1n) is 24.1. The second-order valence-corrected chi connectivity index (χ2v) is 19.4. The first kappa shape index (κ1) is 44.0. The summed E-state index contributed by atoms with van der Waals surface area (Å²) in [6, 6.07) is 52.1. The molecule has 328 valence electrons. The van der Waals surface area contributed by atoms with Crippen LogP contribution in [0.1, 0.15) is 132 Å². The summed E-state index contributed by atoms with van der Waals surface area (Å²) in [5.74, 6) is -1.22. The van der Waals surface area contributed by atoms with Crippen LogP contribution in [-0.2, 0) is 15.6 Å². The molecule has 9 rings (SSSR count). The molecule has 0 saturated heterocycles. The van der Waals surface area contributed by atoms with Gasteiger partial charge in [0, 0.05) is 37.3 Å². The minimum absolute atomic E-state index is 0.0576. The van der Waals surface area contributed by atoms with Crippen LogP contribution in [0.5, 0.6) is 0 Å². The summed E-state index contributed by atoms with van der Waals surface area (Å²) >= 11 is 1.50. The fourth-order valence-electron chi connectivity index (χ4n) is 11.4. The molecule has 2 aliphatic rings. The second-order valence-electron chi connectivity index (χ2n) is 18.3. The Morgan fingerprint density at radius 2 is 1.03 bits per heavy atom. The number of nitriles is 1. The highest BCUT2D eigenvalue weighted by Crippen LogP contribution is 2.58. The summed E-state index contributed by atoms with van der Waals surface area (Å²) in [4.78, 5) is 16.0. The van der Waals surface area contributed by atoms with Crippen LogP contribution in [0.2, 0.25) is 0 Å². The Morgan fingerprint density at radius 1 is 0.569 bits per heavy atom. The van der Waals surface area contributed by atoms with Crippen molar-refractivity contribution in [3.63, 3.8) is 0 Å². The van der Waals surface area contributed by atoms with E-state index in [0.29, 0.717) is 0 Å². The molecule has 5 heteroatoms. The van der Waals surface area contributed by atoms with Gasteiger partial charge in [-0.05, 0) is 130 Å². The molecule has 0 fully saturated rings. The van der Waals surface area contributed by atoms with E-state index in [4.69, 9.17) is 0 Å². The van der Waals surface area contributed by atoms with Gasteiger partial charge in [0.2, 0.25) is 0 Å². The largest absolute Gasteiger partial charge is 0.477 e. The number of unbranched alkanes of at least 4 members (excludes halogenated alkanes) is 4. The van der Waals surface area contributed by atoms with Gasteiger partial charge in [-0.1, -0.05) is 170 Å². The lowest BCUT2D eigenvalue weighted by molar-refractivity contribution is -0.132. The maximum Gasteiger partial charge on any atom is 0.346 e. The highest BCUT2D eigenvalue weighted by Gasteiger charge is 2.44. The number of carboxylic acid groups (broad SMARTS) is 1. The number of anilines is 3. The molecular weight excluding hydrogens is 813 g/mol. The number of aliphatic carboxylic acids is 1. The lowest BCUT2D eigenvalue weighted by atomic mass is 9.70. The van der Waals surface area contributed by atoms with Gasteiger partial charge in [0.05, 0.1) is 5.69 Å². The first-order chi connectivity index (χ1) is 31.8. The number of benzene rings is 6. The number of thiophene rings is 1. The third-order valence-corrected chi connectivity index (χ3v) is 15.6. The summed E-state index contributed by atoms with van der Waals surface area (Å²) < 4.78 is 0. The molecule has 0 spiro atoms. The van der Waals surface area contributed by atoms with Crippen LogP contribution in [0.25, 0.3) is 49.5 Å². The maximum absolute atomic E-state index is 11.7. The van der Waals surface area contributed by atoms with Crippen LogP contribution in [-0.4, -0.2) is 11.1 Å². The Morgan fingerprint density at radius 3 is 1.52 bits per heavy atom. The van der Waals surface area contributed by atoms with Gasteiger partial charge in [-0.25, -0.2) is 4.79 Å². The van der Waals surface area contributed by atoms with Crippen LogP contribution >= 0.6 is 11.3 Å². The highest BCUT2D eigenvalue weighted by molar-refractivity contribution is 7.16. The van der Waals surface area contributed by atoms with Crippen molar-refractivity contribution >= 4 is 51.2 Å². The number of nitrogens with zero attached hydrogens (tertiary/aromatic N) is 2. The summed E-state index contributed by atoms with van der Waals surface area (Å²) in [6.45, 7) is 9.29. The zero-order chi connectivity index (χ0) is 45.1. The predicted octanol–water partition coefficient (Wildman–Crippen LogP) is 17.3. The van der Waals surface area contributed by atoms with E-state index >= 15 is 0 Å². The molecule has 1 N–H and O–H groups in total. The van der Waals surface area contributed by atoms with E-state index in [1.54, 1.807) is 0 Å². The van der Waals surface area contributed by atoms with Crippen LogP contribution < -0.4 is 4.90 Å². The van der Waals surface area contributed by atoms with Gasteiger partial charge in [-0.3, -0.25) is 0 Å². The van der Waals surface area contributed by atoms with Crippen molar-refractivity contribution in [2.45, 2.75) is 116 Å². The third-order valence-electron chi connectivity index (χ3n) is 14.5. The SMILES string of the molecule is CCCCC1(CCCC)c2ccccc2-c2ccc(N(c3ccc4c(c3)C(CCCC)(CCCC)c3ccccc3-4)c3ccc(-c4ccc(/C=C(\C#N)C(=O)O)s4)c4ccccc34)cc21. The monoisotopic (exact) mass is 872 g/mol. The van der Waals surface area contributed by atoms with Crippen molar-refractivity contribution in [3.05, 3.63) is 166 Å². The molecule has 1 aromatic heterocycles. The molecule has 0 saturated carbocycles. The molecule has 7 aromatic rings. The van der Waals surface area contributed by atoms with Crippen LogP contribution in [0.4, 0.5) is 17.1 Å². The van der Waals surface area contributed by atoms with Crippen molar-refractivity contribution in [2.24, 2.45) is 0 Å². The molecule has 0 aliphatic heterocycles. The van der Waals surface area contributed by atoms with E-state index in [-0.39, 0.29) is 16.4 Å². The van der Waals surface area contributed by atoms with Gasteiger partial charge in [-0.15, -0.1) is 11.3 Å². The van der Waals surface area contributed by atoms with Crippen LogP contribution in [0.15, 0.2) is 139 Å². The maximum atomic E-state index is 11.7. The zero-order valence-corrected chi connectivity index (χ0v) is 39.2. The fraction of sp³-hybridized carbons (Fsp3) is 0.300. The van der Waals surface area contributed by atoms with E-state index in [0.717, 1.165) is 94.5 Å². The number of hydrogen-bond acceptors (Lipinski definition) is 4. The number of carbonyl (C=O) groups is 1. The topological polar surface area (TPSA) is 64.3 Å². The van der Waals surface area contributed by atoms with E-state index in [9.17, 15) is 15.2 Å². The van der Waals surface area contributed by atoms with E-state index in [2.05, 4.69) is 154 Å². The van der Waals surface area contributed by atoms with E-state index < -0.39 is 5.97 Å². The normalized spacial score (nSPS) is 14.1. The molecule has 0 amide bonds. The zero-order valence-electron chi connectivity index (χ0n) is 38.4. The van der Waals surface area contributed by atoms with Gasteiger partial charge >= 0.3 is 5.97 Å². The summed E-state index contributed by atoms with van der Waals surface area (Å²) in [6.07, 6.45) is 15.3. The van der Waals surface area contributed by atoms with Gasteiger partial charge in [0.15, 0.2) is 0 Å². The summed E-state index contributed by atoms with van der Waals surface area (Å²) in [7, 11) is 0. The number of fused-ring (bicyclic) bond motifs is 7. The Hall–Kier alpha value is -6.22. The Bertz CT molecular complexity index is 2830. The minimum atomic E-state index is -1.22.